The Labute approximate surface area is 71.9 Å². The van der Waals surface area contributed by atoms with E-state index in [2.05, 4.69) is 5.32 Å². The fourth-order valence-corrected chi connectivity index (χ4v) is 0.930. The highest BCUT2D eigenvalue weighted by molar-refractivity contribution is 5.85. The van der Waals surface area contributed by atoms with Crippen molar-refractivity contribution in [3.63, 3.8) is 0 Å². The standard InChI is InChI=1S/C6H12N2O2.ClH/c7-6(9)5-1-2-8-4-10-3-5;/h5,8H,1-4H2,(H2,7,9);1H. The molecule has 1 fully saturated rings. The maximum atomic E-state index is 10.6. The molecular weight excluding hydrogens is 168 g/mol. The average molecular weight is 181 g/mol. The third-order valence-electron chi connectivity index (χ3n) is 1.60. The molecule has 1 amide bonds. The first-order chi connectivity index (χ1) is 4.80. The predicted octanol–water partition coefficient (Wildman–Crippen LogP) is -0.523. The second kappa shape index (κ2) is 5.35. The number of amides is 1. The van der Waals surface area contributed by atoms with Crippen molar-refractivity contribution in [3.8, 4) is 0 Å². The van der Waals surface area contributed by atoms with Crippen LogP contribution in [0.25, 0.3) is 0 Å². The fraction of sp³-hybridized carbons (Fsp3) is 0.833. The van der Waals surface area contributed by atoms with E-state index in [0.717, 1.165) is 13.0 Å². The molecule has 1 aliphatic rings. The molecule has 11 heavy (non-hydrogen) atoms. The average Bonchev–Trinajstić information content (AvgIpc) is 2.12. The smallest absolute Gasteiger partial charge is 0.222 e. The summed E-state index contributed by atoms with van der Waals surface area (Å²) in [4.78, 5) is 10.6. The summed E-state index contributed by atoms with van der Waals surface area (Å²) in [5.74, 6) is -0.362. The molecule has 3 N–H and O–H groups in total. The van der Waals surface area contributed by atoms with E-state index in [1.165, 1.54) is 0 Å². The Morgan fingerprint density at radius 3 is 3.00 bits per heavy atom. The molecule has 0 radical (unpaired) electrons. The predicted molar refractivity (Wildman–Crippen MR) is 43.4 cm³/mol. The van der Waals surface area contributed by atoms with Gasteiger partial charge >= 0.3 is 0 Å². The molecule has 1 atom stereocenters. The van der Waals surface area contributed by atoms with Gasteiger partial charge in [-0.1, -0.05) is 0 Å². The summed E-state index contributed by atoms with van der Waals surface area (Å²) in [5.41, 5.74) is 5.09. The van der Waals surface area contributed by atoms with Crippen LogP contribution in [-0.4, -0.2) is 25.8 Å². The van der Waals surface area contributed by atoms with E-state index in [1.807, 2.05) is 0 Å². The third kappa shape index (κ3) is 3.55. The van der Waals surface area contributed by atoms with Crippen molar-refractivity contribution >= 4 is 18.3 Å². The minimum Gasteiger partial charge on any atom is -0.369 e. The highest BCUT2D eigenvalue weighted by atomic mass is 35.5. The number of primary amides is 1. The first-order valence-corrected chi connectivity index (χ1v) is 3.38. The summed E-state index contributed by atoms with van der Waals surface area (Å²) in [6.07, 6.45) is 0.787. The monoisotopic (exact) mass is 180 g/mol. The molecule has 1 saturated heterocycles. The fourth-order valence-electron chi connectivity index (χ4n) is 0.930. The second-order valence-electron chi connectivity index (χ2n) is 2.40. The lowest BCUT2D eigenvalue weighted by molar-refractivity contribution is -0.123. The number of carbonyl (C=O) groups is 1. The first kappa shape index (κ1) is 10.7. The summed E-state index contributed by atoms with van der Waals surface area (Å²) in [6.45, 7) is 1.81. The molecule has 66 valence electrons. The van der Waals surface area contributed by atoms with Gasteiger partial charge in [0.15, 0.2) is 0 Å². The summed E-state index contributed by atoms with van der Waals surface area (Å²) >= 11 is 0. The molecule has 0 aromatic rings. The number of halogens is 1. The Balaban J connectivity index is 0.000001000. The van der Waals surface area contributed by atoms with E-state index in [9.17, 15) is 4.79 Å². The SMILES string of the molecule is Cl.NC(=O)C1CCNCOC1. The molecule has 1 rings (SSSR count). The lowest BCUT2D eigenvalue weighted by Gasteiger charge is -2.06. The van der Waals surface area contributed by atoms with Crippen molar-refractivity contribution in [2.24, 2.45) is 11.7 Å². The van der Waals surface area contributed by atoms with Gasteiger partial charge in [-0.15, -0.1) is 12.4 Å². The highest BCUT2D eigenvalue weighted by Gasteiger charge is 2.16. The Morgan fingerprint density at radius 1 is 1.64 bits per heavy atom. The molecule has 1 unspecified atom stereocenters. The van der Waals surface area contributed by atoms with E-state index in [1.54, 1.807) is 0 Å². The van der Waals surface area contributed by atoms with Gasteiger partial charge in [0.05, 0.1) is 19.3 Å². The quantitative estimate of drug-likeness (QED) is 0.571. The molecule has 0 aromatic heterocycles. The van der Waals surface area contributed by atoms with Crippen molar-refractivity contribution in [1.82, 2.24) is 5.32 Å². The number of ether oxygens (including phenoxy) is 1. The summed E-state index contributed by atoms with van der Waals surface area (Å²) in [6, 6.07) is 0. The molecule has 5 heteroatoms. The Morgan fingerprint density at radius 2 is 2.36 bits per heavy atom. The van der Waals surface area contributed by atoms with Crippen LogP contribution in [0.2, 0.25) is 0 Å². The summed E-state index contributed by atoms with van der Waals surface area (Å²) < 4.78 is 5.06. The maximum absolute atomic E-state index is 10.6. The molecule has 0 aromatic carbocycles. The van der Waals surface area contributed by atoms with E-state index >= 15 is 0 Å². The van der Waals surface area contributed by atoms with Gasteiger partial charge in [0.2, 0.25) is 5.91 Å². The first-order valence-electron chi connectivity index (χ1n) is 3.38. The van der Waals surface area contributed by atoms with Gasteiger partial charge in [0, 0.05) is 0 Å². The van der Waals surface area contributed by atoms with Crippen LogP contribution in [0.3, 0.4) is 0 Å². The van der Waals surface area contributed by atoms with E-state index < -0.39 is 0 Å². The molecule has 4 nitrogen and oxygen atoms in total. The van der Waals surface area contributed by atoms with Crippen LogP contribution < -0.4 is 11.1 Å². The van der Waals surface area contributed by atoms with Gasteiger partial charge < -0.3 is 10.5 Å². The molecule has 0 aliphatic carbocycles. The van der Waals surface area contributed by atoms with Gasteiger partial charge in [0.25, 0.3) is 0 Å². The lowest BCUT2D eigenvalue weighted by atomic mass is 10.1. The molecule has 0 bridgehead atoms. The number of hydrogen-bond acceptors (Lipinski definition) is 3. The number of carbonyl (C=O) groups excluding carboxylic acids is 1. The summed E-state index contributed by atoms with van der Waals surface area (Å²) in [7, 11) is 0. The van der Waals surface area contributed by atoms with Crippen LogP contribution >= 0.6 is 12.4 Å². The summed E-state index contributed by atoms with van der Waals surface area (Å²) in [5, 5.41) is 3.00. The van der Waals surface area contributed by atoms with Crippen molar-refractivity contribution in [3.05, 3.63) is 0 Å². The van der Waals surface area contributed by atoms with E-state index in [0.29, 0.717) is 13.3 Å². The lowest BCUT2D eigenvalue weighted by Crippen LogP contribution is -2.26. The van der Waals surface area contributed by atoms with Gasteiger partial charge in [-0.25, -0.2) is 0 Å². The zero-order valence-corrected chi connectivity index (χ0v) is 7.02. The Bertz CT molecular complexity index is 124. The van der Waals surface area contributed by atoms with E-state index in [4.69, 9.17) is 10.5 Å². The van der Waals surface area contributed by atoms with Crippen molar-refractivity contribution in [2.45, 2.75) is 6.42 Å². The Kier molecular flexibility index (Phi) is 5.19. The third-order valence-corrected chi connectivity index (χ3v) is 1.60. The number of nitrogens with one attached hydrogen (secondary N) is 1. The van der Waals surface area contributed by atoms with Crippen LogP contribution in [0.15, 0.2) is 0 Å². The molecule has 0 spiro atoms. The number of nitrogens with two attached hydrogens (primary N) is 1. The number of rotatable bonds is 1. The highest BCUT2D eigenvalue weighted by Crippen LogP contribution is 2.03. The van der Waals surface area contributed by atoms with Crippen LogP contribution in [-0.2, 0) is 9.53 Å². The van der Waals surface area contributed by atoms with Gasteiger partial charge in [0.1, 0.15) is 0 Å². The van der Waals surface area contributed by atoms with Crippen LogP contribution in [0.4, 0.5) is 0 Å². The van der Waals surface area contributed by atoms with Crippen molar-refractivity contribution < 1.29 is 9.53 Å². The maximum Gasteiger partial charge on any atom is 0.222 e. The van der Waals surface area contributed by atoms with E-state index in [-0.39, 0.29) is 24.2 Å². The minimum absolute atomic E-state index is 0. The molecule has 1 heterocycles. The second-order valence-corrected chi connectivity index (χ2v) is 2.40. The van der Waals surface area contributed by atoms with Gasteiger partial charge in [-0.3, -0.25) is 10.1 Å². The topological polar surface area (TPSA) is 64.4 Å². The van der Waals surface area contributed by atoms with Gasteiger partial charge in [-0.05, 0) is 13.0 Å². The van der Waals surface area contributed by atoms with Crippen LogP contribution in [0.1, 0.15) is 6.42 Å². The minimum atomic E-state index is -0.260. The van der Waals surface area contributed by atoms with Gasteiger partial charge in [-0.2, -0.15) is 0 Å². The van der Waals surface area contributed by atoms with Crippen molar-refractivity contribution in [1.29, 1.82) is 0 Å². The van der Waals surface area contributed by atoms with Crippen molar-refractivity contribution in [2.75, 3.05) is 19.9 Å². The zero-order chi connectivity index (χ0) is 7.40. The van der Waals surface area contributed by atoms with Crippen LogP contribution in [0, 0.1) is 5.92 Å². The Hall–Kier alpha value is -0.320. The number of hydrogen-bond donors (Lipinski definition) is 2. The van der Waals surface area contributed by atoms with Crippen LogP contribution in [0.5, 0.6) is 0 Å². The molecule has 1 aliphatic heterocycles. The zero-order valence-electron chi connectivity index (χ0n) is 6.21. The molecule has 0 saturated carbocycles. The largest absolute Gasteiger partial charge is 0.369 e. The molecular formula is C6H13ClN2O2. The normalized spacial score (nSPS) is 24.9.